The molecule has 0 bridgehead atoms. The molecule has 2 atom stereocenters. The summed E-state index contributed by atoms with van der Waals surface area (Å²) in [6.07, 6.45) is 1.90. The second-order valence-electron chi connectivity index (χ2n) is 7.05. The number of ether oxygens (including phenoxy) is 3. The number of hydrazone groups is 1. The van der Waals surface area contributed by atoms with Gasteiger partial charge in [-0.05, 0) is 36.1 Å². The molecule has 2 aromatic rings. The van der Waals surface area contributed by atoms with Gasteiger partial charge < -0.3 is 14.2 Å². The second-order valence-corrected chi connectivity index (χ2v) is 7.05. The van der Waals surface area contributed by atoms with E-state index in [0.717, 1.165) is 29.7 Å². The molecule has 1 heterocycles. The van der Waals surface area contributed by atoms with Gasteiger partial charge in [0.05, 0.1) is 33.1 Å². The van der Waals surface area contributed by atoms with Gasteiger partial charge >= 0.3 is 0 Å². The lowest BCUT2D eigenvalue weighted by molar-refractivity contribution is -0.131. The Morgan fingerprint density at radius 1 is 1.07 bits per heavy atom. The van der Waals surface area contributed by atoms with E-state index in [1.165, 1.54) is 5.56 Å². The van der Waals surface area contributed by atoms with Crippen LogP contribution in [0.4, 0.5) is 0 Å². The Labute approximate surface area is 164 Å². The number of hydrogen-bond donors (Lipinski definition) is 0. The van der Waals surface area contributed by atoms with Gasteiger partial charge in [-0.3, -0.25) is 4.79 Å². The van der Waals surface area contributed by atoms with Crippen LogP contribution in [-0.4, -0.2) is 38.0 Å². The highest BCUT2D eigenvalue weighted by Gasteiger charge is 2.43. The fourth-order valence-electron chi connectivity index (χ4n) is 4.33. The van der Waals surface area contributed by atoms with Gasteiger partial charge in [0.1, 0.15) is 0 Å². The van der Waals surface area contributed by atoms with Crippen molar-refractivity contribution < 1.29 is 19.0 Å². The fraction of sp³-hybridized carbons (Fsp3) is 0.364. The molecule has 146 valence electrons. The van der Waals surface area contributed by atoms with Crippen LogP contribution >= 0.6 is 0 Å². The minimum atomic E-state index is -0.199. The van der Waals surface area contributed by atoms with Crippen molar-refractivity contribution in [2.24, 2.45) is 11.0 Å². The summed E-state index contributed by atoms with van der Waals surface area (Å²) >= 11 is 0. The molecule has 2 unspecified atom stereocenters. The number of amides is 1. The van der Waals surface area contributed by atoms with E-state index in [9.17, 15) is 4.79 Å². The first-order chi connectivity index (χ1) is 13.6. The van der Waals surface area contributed by atoms with Crippen LogP contribution in [0.1, 0.15) is 36.1 Å². The molecule has 6 nitrogen and oxygen atoms in total. The van der Waals surface area contributed by atoms with Crippen molar-refractivity contribution >= 4 is 11.6 Å². The van der Waals surface area contributed by atoms with Crippen molar-refractivity contribution in [2.45, 2.75) is 25.8 Å². The van der Waals surface area contributed by atoms with Crippen LogP contribution in [0, 0.1) is 5.92 Å². The topological polar surface area (TPSA) is 60.4 Å². The molecule has 1 aliphatic heterocycles. The first kappa shape index (κ1) is 18.3. The van der Waals surface area contributed by atoms with Crippen LogP contribution in [0.5, 0.6) is 17.2 Å². The molecule has 0 radical (unpaired) electrons. The number of hydrogen-bond acceptors (Lipinski definition) is 5. The summed E-state index contributed by atoms with van der Waals surface area (Å²) in [7, 11) is 4.77. The zero-order valence-electron chi connectivity index (χ0n) is 16.6. The molecule has 0 spiro atoms. The highest BCUT2D eigenvalue weighted by atomic mass is 16.5. The van der Waals surface area contributed by atoms with Crippen LogP contribution in [0.2, 0.25) is 0 Å². The summed E-state index contributed by atoms with van der Waals surface area (Å²) < 4.78 is 16.5. The van der Waals surface area contributed by atoms with Gasteiger partial charge in [-0.2, -0.15) is 5.10 Å². The van der Waals surface area contributed by atoms with E-state index in [0.29, 0.717) is 17.2 Å². The standard InChI is InChI=1S/C22H24N2O4/c1-13(25)24-21(15-11-18(26-2)22(28-4)19(12-15)27-3)17-10-9-14-7-5-6-8-16(14)20(17)23-24/h5-8,11-12,17,21H,9-10H2,1-4H3. The van der Waals surface area contributed by atoms with Gasteiger partial charge in [0.15, 0.2) is 11.5 Å². The molecule has 0 N–H and O–H groups in total. The number of carbonyl (C=O) groups is 1. The number of nitrogens with zero attached hydrogens (tertiary/aromatic N) is 2. The minimum absolute atomic E-state index is 0.0851. The Hall–Kier alpha value is -3.02. The number of carbonyl (C=O) groups excluding carboxylic acids is 1. The average molecular weight is 380 g/mol. The molecular weight excluding hydrogens is 356 g/mol. The first-order valence-electron chi connectivity index (χ1n) is 9.35. The molecule has 0 saturated carbocycles. The van der Waals surface area contributed by atoms with E-state index in [2.05, 4.69) is 12.1 Å². The predicted octanol–water partition coefficient (Wildman–Crippen LogP) is 3.58. The largest absolute Gasteiger partial charge is 0.493 e. The lowest BCUT2D eigenvalue weighted by Gasteiger charge is -2.30. The Morgan fingerprint density at radius 3 is 2.36 bits per heavy atom. The number of rotatable bonds is 4. The van der Waals surface area contributed by atoms with Gasteiger partial charge in [0.25, 0.3) is 0 Å². The second kappa shape index (κ2) is 7.19. The van der Waals surface area contributed by atoms with Crippen molar-refractivity contribution in [3.8, 4) is 17.2 Å². The third-order valence-electron chi connectivity index (χ3n) is 5.58. The predicted molar refractivity (Wildman–Crippen MR) is 106 cm³/mol. The Kier molecular flexibility index (Phi) is 4.71. The van der Waals surface area contributed by atoms with E-state index < -0.39 is 0 Å². The quantitative estimate of drug-likeness (QED) is 0.813. The molecule has 1 amide bonds. The van der Waals surface area contributed by atoms with E-state index in [1.807, 2.05) is 24.3 Å². The first-order valence-corrected chi connectivity index (χ1v) is 9.35. The monoisotopic (exact) mass is 380 g/mol. The van der Waals surface area contributed by atoms with E-state index in [4.69, 9.17) is 19.3 Å². The maximum Gasteiger partial charge on any atom is 0.240 e. The van der Waals surface area contributed by atoms with Crippen LogP contribution in [0.25, 0.3) is 0 Å². The van der Waals surface area contributed by atoms with E-state index in [1.54, 1.807) is 33.3 Å². The molecule has 6 heteroatoms. The summed E-state index contributed by atoms with van der Waals surface area (Å²) in [6, 6.07) is 11.9. The van der Waals surface area contributed by atoms with Crippen LogP contribution in [0.3, 0.4) is 0 Å². The number of fused-ring (bicyclic) bond motifs is 3. The number of methoxy groups -OCH3 is 3. The highest BCUT2D eigenvalue weighted by Crippen LogP contribution is 2.47. The summed E-state index contributed by atoms with van der Waals surface area (Å²) in [5, 5.41) is 6.35. The summed E-state index contributed by atoms with van der Waals surface area (Å²) in [5.74, 6) is 1.73. The summed E-state index contributed by atoms with van der Waals surface area (Å²) in [5.41, 5.74) is 4.33. The molecule has 1 aliphatic carbocycles. The van der Waals surface area contributed by atoms with Crippen molar-refractivity contribution in [1.29, 1.82) is 0 Å². The van der Waals surface area contributed by atoms with Crippen LogP contribution < -0.4 is 14.2 Å². The smallest absolute Gasteiger partial charge is 0.240 e. The third-order valence-corrected chi connectivity index (χ3v) is 5.58. The van der Waals surface area contributed by atoms with Crippen molar-refractivity contribution in [3.05, 3.63) is 53.1 Å². The van der Waals surface area contributed by atoms with E-state index in [-0.39, 0.29) is 17.9 Å². The summed E-state index contributed by atoms with van der Waals surface area (Å²) in [4.78, 5) is 12.4. The van der Waals surface area contributed by atoms with Crippen molar-refractivity contribution in [3.63, 3.8) is 0 Å². The maximum absolute atomic E-state index is 12.4. The maximum atomic E-state index is 12.4. The zero-order valence-corrected chi connectivity index (χ0v) is 16.6. The molecular formula is C22H24N2O4. The van der Waals surface area contributed by atoms with Crippen LogP contribution in [-0.2, 0) is 11.2 Å². The average Bonchev–Trinajstić information content (AvgIpc) is 3.13. The molecule has 0 aromatic heterocycles. The molecule has 0 saturated heterocycles. The Balaban J connectivity index is 1.83. The lowest BCUT2D eigenvalue weighted by atomic mass is 9.77. The van der Waals surface area contributed by atoms with Gasteiger partial charge in [-0.1, -0.05) is 24.3 Å². The molecule has 2 aromatic carbocycles. The van der Waals surface area contributed by atoms with Gasteiger partial charge in [0, 0.05) is 18.4 Å². The Morgan fingerprint density at radius 2 is 1.75 bits per heavy atom. The highest BCUT2D eigenvalue weighted by molar-refractivity contribution is 6.06. The summed E-state index contributed by atoms with van der Waals surface area (Å²) in [6.45, 7) is 1.55. The third kappa shape index (κ3) is 2.80. The van der Waals surface area contributed by atoms with Crippen molar-refractivity contribution in [1.82, 2.24) is 5.01 Å². The van der Waals surface area contributed by atoms with Crippen LogP contribution in [0.15, 0.2) is 41.5 Å². The normalized spacial score (nSPS) is 20.1. The number of aryl methyl sites for hydroxylation is 1. The zero-order chi connectivity index (χ0) is 19.8. The fourth-order valence-corrected chi connectivity index (χ4v) is 4.33. The molecule has 2 aliphatic rings. The minimum Gasteiger partial charge on any atom is -0.493 e. The van der Waals surface area contributed by atoms with E-state index >= 15 is 0 Å². The number of benzene rings is 2. The Bertz CT molecular complexity index is 928. The van der Waals surface area contributed by atoms with Crippen molar-refractivity contribution in [2.75, 3.05) is 21.3 Å². The molecule has 0 fully saturated rings. The van der Waals surface area contributed by atoms with Gasteiger partial charge in [-0.25, -0.2) is 5.01 Å². The molecule has 4 rings (SSSR count). The van der Waals surface area contributed by atoms with Gasteiger partial charge in [0.2, 0.25) is 11.7 Å². The SMILES string of the molecule is COc1cc(C2C3CCc4ccccc4C3=NN2C(C)=O)cc(OC)c1OC. The lowest BCUT2D eigenvalue weighted by Crippen LogP contribution is -2.31. The molecule has 28 heavy (non-hydrogen) atoms. The van der Waals surface area contributed by atoms with Gasteiger partial charge in [-0.15, -0.1) is 0 Å².